The minimum absolute atomic E-state index is 0.0391. The second-order valence-electron chi connectivity index (χ2n) is 6.73. The largest absolute Gasteiger partial charge is 0.493 e. The maximum atomic E-state index is 12.2. The Bertz CT molecular complexity index is 906. The van der Waals surface area contributed by atoms with Gasteiger partial charge in [-0.2, -0.15) is 0 Å². The average molecular weight is 395 g/mol. The number of amides is 1. The van der Waals surface area contributed by atoms with E-state index in [1.807, 2.05) is 18.2 Å². The summed E-state index contributed by atoms with van der Waals surface area (Å²) in [5.74, 6) is 0.171. The zero-order valence-corrected chi connectivity index (χ0v) is 16.6. The lowest BCUT2D eigenvalue weighted by molar-refractivity contribution is -0.144. The lowest BCUT2D eigenvalue weighted by Gasteiger charge is -2.26. The minimum Gasteiger partial charge on any atom is -0.493 e. The summed E-state index contributed by atoms with van der Waals surface area (Å²) in [6.45, 7) is -0.322. The van der Waals surface area contributed by atoms with E-state index in [2.05, 4.69) is 11.4 Å². The molecule has 1 aliphatic carbocycles. The molecule has 1 N–H and O–H groups in total. The summed E-state index contributed by atoms with van der Waals surface area (Å²) in [4.78, 5) is 24.2. The molecule has 3 rings (SSSR count). The molecule has 6 heteroatoms. The smallest absolute Gasteiger partial charge is 0.331 e. The Morgan fingerprint density at radius 1 is 1.10 bits per heavy atom. The van der Waals surface area contributed by atoms with Gasteiger partial charge in [0.05, 0.1) is 20.3 Å². The van der Waals surface area contributed by atoms with Crippen molar-refractivity contribution in [1.82, 2.24) is 5.32 Å². The van der Waals surface area contributed by atoms with E-state index in [0.29, 0.717) is 17.1 Å². The van der Waals surface area contributed by atoms with Crippen LogP contribution in [0, 0.1) is 0 Å². The van der Waals surface area contributed by atoms with Gasteiger partial charge in [-0.15, -0.1) is 0 Å². The highest BCUT2D eigenvalue weighted by Crippen LogP contribution is 2.31. The number of carbonyl (C=O) groups excluding carboxylic acids is 2. The zero-order valence-electron chi connectivity index (χ0n) is 16.6. The first kappa shape index (κ1) is 20.5. The van der Waals surface area contributed by atoms with Crippen molar-refractivity contribution in [3.63, 3.8) is 0 Å². The van der Waals surface area contributed by atoms with Crippen LogP contribution in [0.5, 0.6) is 11.5 Å². The Hall–Kier alpha value is -3.28. The number of aryl methyl sites for hydroxylation is 1. The first-order valence-electron chi connectivity index (χ1n) is 9.55. The molecule has 0 aliphatic heterocycles. The van der Waals surface area contributed by atoms with Gasteiger partial charge in [0, 0.05) is 11.6 Å². The number of carbonyl (C=O) groups is 2. The highest BCUT2D eigenvalue weighted by molar-refractivity contribution is 5.90. The molecule has 29 heavy (non-hydrogen) atoms. The lowest BCUT2D eigenvalue weighted by atomic mass is 9.88. The fourth-order valence-electron chi connectivity index (χ4n) is 3.53. The molecule has 2 aromatic carbocycles. The van der Waals surface area contributed by atoms with Gasteiger partial charge in [0.2, 0.25) is 0 Å². The fourth-order valence-corrected chi connectivity index (χ4v) is 3.53. The van der Waals surface area contributed by atoms with Crippen LogP contribution in [0.15, 0.2) is 48.5 Å². The molecule has 0 aromatic heterocycles. The van der Waals surface area contributed by atoms with E-state index in [1.54, 1.807) is 31.4 Å². The van der Waals surface area contributed by atoms with E-state index >= 15 is 0 Å². The molecular weight excluding hydrogens is 370 g/mol. The Kier molecular flexibility index (Phi) is 6.89. The molecule has 0 spiro atoms. The predicted octanol–water partition coefficient (Wildman–Crippen LogP) is 3.45. The molecule has 0 saturated heterocycles. The zero-order chi connectivity index (χ0) is 20.6. The second-order valence-corrected chi connectivity index (χ2v) is 6.73. The number of esters is 1. The summed E-state index contributed by atoms with van der Waals surface area (Å²) in [6.07, 6.45) is 5.76. The van der Waals surface area contributed by atoms with Gasteiger partial charge in [0.1, 0.15) is 0 Å². The van der Waals surface area contributed by atoms with Gasteiger partial charge in [0.15, 0.2) is 18.1 Å². The summed E-state index contributed by atoms with van der Waals surface area (Å²) in [5, 5.41) is 2.96. The number of ether oxygens (including phenoxy) is 3. The SMILES string of the molecule is COc1cccc(/C=C/C(=O)OCC(=O)N[C@H]2CCCc3ccccc32)c1OC. The summed E-state index contributed by atoms with van der Waals surface area (Å²) < 4.78 is 15.6. The van der Waals surface area contributed by atoms with Crippen molar-refractivity contribution in [3.8, 4) is 11.5 Å². The van der Waals surface area contributed by atoms with E-state index in [1.165, 1.54) is 18.7 Å². The molecule has 0 radical (unpaired) electrons. The highest BCUT2D eigenvalue weighted by Gasteiger charge is 2.21. The van der Waals surface area contributed by atoms with Crippen LogP contribution < -0.4 is 14.8 Å². The van der Waals surface area contributed by atoms with E-state index in [0.717, 1.165) is 24.8 Å². The van der Waals surface area contributed by atoms with Gasteiger partial charge < -0.3 is 19.5 Å². The predicted molar refractivity (Wildman–Crippen MR) is 110 cm³/mol. The van der Waals surface area contributed by atoms with Crippen molar-refractivity contribution in [2.45, 2.75) is 25.3 Å². The molecule has 1 aliphatic rings. The van der Waals surface area contributed by atoms with Crippen LogP contribution in [0.2, 0.25) is 0 Å². The van der Waals surface area contributed by atoms with Gasteiger partial charge in [-0.05, 0) is 42.5 Å². The monoisotopic (exact) mass is 395 g/mol. The van der Waals surface area contributed by atoms with Crippen molar-refractivity contribution in [1.29, 1.82) is 0 Å². The minimum atomic E-state index is -0.603. The maximum Gasteiger partial charge on any atom is 0.331 e. The van der Waals surface area contributed by atoms with Crippen LogP contribution >= 0.6 is 0 Å². The van der Waals surface area contributed by atoms with Crippen LogP contribution in [0.4, 0.5) is 0 Å². The van der Waals surface area contributed by atoms with Crippen molar-refractivity contribution in [2.24, 2.45) is 0 Å². The normalized spacial score (nSPS) is 15.4. The van der Waals surface area contributed by atoms with Gasteiger partial charge in [-0.3, -0.25) is 4.79 Å². The number of benzene rings is 2. The van der Waals surface area contributed by atoms with Crippen LogP contribution in [0.1, 0.15) is 35.6 Å². The summed E-state index contributed by atoms with van der Waals surface area (Å²) in [7, 11) is 3.07. The van der Waals surface area contributed by atoms with Gasteiger partial charge in [-0.1, -0.05) is 36.4 Å². The molecular formula is C23H25NO5. The second kappa shape index (κ2) is 9.78. The Labute approximate surface area is 170 Å². The number of nitrogens with one attached hydrogen (secondary N) is 1. The fraction of sp³-hybridized carbons (Fsp3) is 0.304. The van der Waals surface area contributed by atoms with Crippen molar-refractivity contribution >= 4 is 18.0 Å². The molecule has 1 atom stereocenters. The topological polar surface area (TPSA) is 73.9 Å². The number of hydrogen-bond donors (Lipinski definition) is 1. The van der Waals surface area contributed by atoms with Crippen LogP contribution in [-0.2, 0) is 20.7 Å². The van der Waals surface area contributed by atoms with Crippen LogP contribution in [-0.4, -0.2) is 32.7 Å². The first-order chi connectivity index (χ1) is 14.1. The number of para-hydroxylation sites is 1. The van der Waals surface area contributed by atoms with Crippen molar-refractivity contribution < 1.29 is 23.8 Å². The highest BCUT2D eigenvalue weighted by atomic mass is 16.5. The Morgan fingerprint density at radius 3 is 2.72 bits per heavy atom. The molecule has 0 saturated carbocycles. The Balaban J connectivity index is 1.54. The van der Waals surface area contributed by atoms with Gasteiger partial charge >= 0.3 is 5.97 Å². The molecule has 2 aromatic rings. The molecule has 0 heterocycles. The molecule has 0 unspecified atom stereocenters. The molecule has 0 bridgehead atoms. The summed E-state index contributed by atoms with van der Waals surface area (Å²) in [5.41, 5.74) is 3.08. The van der Waals surface area contributed by atoms with E-state index < -0.39 is 5.97 Å². The van der Waals surface area contributed by atoms with Gasteiger partial charge in [-0.25, -0.2) is 4.79 Å². The number of methoxy groups -OCH3 is 2. The van der Waals surface area contributed by atoms with E-state index in [9.17, 15) is 9.59 Å². The number of hydrogen-bond acceptors (Lipinski definition) is 5. The number of fused-ring (bicyclic) bond motifs is 1. The van der Waals surface area contributed by atoms with Crippen LogP contribution in [0.3, 0.4) is 0 Å². The quantitative estimate of drug-likeness (QED) is 0.574. The molecule has 6 nitrogen and oxygen atoms in total. The molecule has 0 fully saturated rings. The Morgan fingerprint density at radius 2 is 1.93 bits per heavy atom. The third kappa shape index (κ3) is 5.16. The third-order valence-corrected chi connectivity index (χ3v) is 4.88. The van der Waals surface area contributed by atoms with Crippen molar-refractivity contribution in [2.75, 3.05) is 20.8 Å². The summed E-state index contributed by atoms with van der Waals surface area (Å²) in [6, 6.07) is 13.4. The standard InChI is InChI=1S/C23H25NO5/c1-27-20-12-6-9-17(23(20)28-2)13-14-22(26)29-15-21(25)24-19-11-5-8-16-7-3-4-10-18(16)19/h3-4,6-7,9-10,12-14,19H,5,8,11,15H2,1-2H3,(H,24,25)/b14-13+/t19-/m0/s1. The number of rotatable bonds is 7. The lowest BCUT2D eigenvalue weighted by Crippen LogP contribution is -2.34. The van der Waals surface area contributed by atoms with E-state index in [4.69, 9.17) is 14.2 Å². The average Bonchev–Trinajstić information content (AvgIpc) is 2.76. The van der Waals surface area contributed by atoms with Gasteiger partial charge in [0.25, 0.3) is 5.91 Å². The third-order valence-electron chi connectivity index (χ3n) is 4.88. The van der Waals surface area contributed by atoms with Crippen molar-refractivity contribution in [3.05, 3.63) is 65.2 Å². The molecule has 1 amide bonds. The van der Waals surface area contributed by atoms with E-state index in [-0.39, 0.29) is 18.6 Å². The first-order valence-corrected chi connectivity index (χ1v) is 9.55. The van der Waals surface area contributed by atoms with Crippen LogP contribution in [0.25, 0.3) is 6.08 Å². The summed E-state index contributed by atoms with van der Waals surface area (Å²) >= 11 is 0. The molecule has 152 valence electrons. The maximum absolute atomic E-state index is 12.2.